The van der Waals surface area contributed by atoms with Crippen molar-refractivity contribution >= 4 is 5.97 Å². The minimum absolute atomic E-state index is 0.136. The zero-order chi connectivity index (χ0) is 15.1. The predicted molar refractivity (Wildman–Crippen MR) is 76.5 cm³/mol. The average molecular weight is 281 g/mol. The lowest BCUT2D eigenvalue weighted by atomic mass is 9.91. The molecule has 0 aromatic heterocycles. The number of hydrogen-bond donors (Lipinski definition) is 3. The predicted octanol–water partition coefficient (Wildman–Crippen LogP) is 1.95. The number of hydrogen-bond acceptors (Lipinski definition) is 5. The summed E-state index contributed by atoms with van der Waals surface area (Å²) in [6.07, 6.45) is 2.87. The fourth-order valence-corrected chi connectivity index (χ4v) is 2.23. The van der Waals surface area contributed by atoms with E-state index in [0.29, 0.717) is 18.4 Å². The summed E-state index contributed by atoms with van der Waals surface area (Å²) in [5, 5.41) is 19.1. The molecule has 112 valence electrons. The minimum Gasteiger partial charge on any atom is -0.508 e. The molecule has 0 radical (unpaired) electrons. The molecule has 0 bridgehead atoms. The van der Waals surface area contributed by atoms with Gasteiger partial charge in [-0.1, -0.05) is 13.3 Å². The summed E-state index contributed by atoms with van der Waals surface area (Å²) < 4.78 is 4.62. The van der Waals surface area contributed by atoms with Crippen LogP contribution in [0.25, 0.3) is 0 Å². The van der Waals surface area contributed by atoms with Crippen LogP contribution in [-0.2, 0) is 16.0 Å². The van der Waals surface area contributed by atoms with Gasteiger partial charge >= 0.3 is 5.97 Å². The average Bonchev–Trinajstić information content (AvgIpc) is 2.45. The van der Waals surface area contributed by atoms with Gasteiger partial charge in [-0.05, 0) is 48.9 Å². The number of rotatable bonds is 7. The summed E-state index contributed by atoms with van der Waals surface area (Å²) in [7, 11) is 1.33. The number of carbonyl (C=O) groups excluding carboxylic acids is 1. The van der Waals surface area contributed by atoms with Gasteiger partial charge < -0.3 is 20.7 Å². The highest BCUT2D eigenvalue weighted by atomic mass is 16.5. The summed E-state index contributed by atoms with van der Waals surface area (Å²) in [5.74, 6) is 0.182. The van der Waals surface area contributed by atoms with E-state index >= 15 is 0 Å². The van der Waals surface area contributed by atoms with Gasteiger partial charge in [-0.3, -0.25) is 4.79 Å². The highest BCUT2D eigenvalue weighted by Crippen LogP contribution is 2.26. The van der Waals surface area contributed by atoms with Gasteiger partial charge in [0.05, 0.1) is 7.11 Å². The molecule has 5 heteroatoms. The number of esters is 1. The van der Waals surface area contributed by atoms with Crippen LogP contribution < -0.4 is 5.73 Å². The van der Waals surface area contributed by atoms with E-state index in [2.05, 4.69) is 4.74 Å². The van der Waals surface area contributed by atoms with Gasteiger partial charge in [0.1, 0.15) is 17.5 Å². The maximum absolute atomic E-state index is 11.3. The van der Waals surface area contributed by atoms with Crippen LogP contribution >= 0.6 is 0 Å². The van der Waals surface area contributed by atoms with Crippen LogP contribution in [0.5, 0.6) is 11.5 Å². The summed E-state index contributed by atoms with van der Waals surface area (Å²) >= 11 is 0. The highest BCUT2D eigenvalue weighted by Gasteiger charge is 2.19. The van der Waals surface area contributed by atoms with Crippen LogP contribution in [0.4, 0.5) is 0 Å². The van der Waals surface area contributed by atoms with Crippen molar-refractivity contribution in [3.8, 4) is 11.5 Å². The zero-order valence-corrected chi connectivity index (χ0v) is 12.0. The maximum atomic E-state index is 11.3. The second-order valence-corrected chi connectivity index (χ2v) is 4.99. The number of benzene rings is 1. The third kappa shape index (κ3) is 4.74. The molecule has 0 heterocycles. The smallest absolute Gasteiger partial charge is 0.322 e. The van der Waals surface area contributed by atoms with E-state index in [1.54, 1.807) is 6.07 Å². The number of nitrogens with two attached hydrogens (primary N) is 1. The van der Waals surface area contributed by atoms with Crippen LogP contribution in [-0.4, -0.2) is 29.3 Å². The molecular weight excluding hydrogens is 258 g/mol. The molecule has 5 nitrogen and oxygen atoms in total. The molecule has 0 aliphatic heterocycles. The number of aryl methyl sites for hydroxylation is 1. The van der Waals surface area contributed by atoms with E-state index in [1.165, 1.54) is 19.2 Å². The first-order chi connectivity index (χ1) is 9.47. The fourth-order valence-electron chi connectivity index (χ4n) is 2.23. The molecule has 0 fully saturated rings. The van der Waals surface area contributed by atoms with Crippen LogP contribution in [0.3, 0.4) is 0 Å². The first kappa shape index (κ1) is 16.3. The summed E-state index contributed by atoms with van der Waals surface area (Å²) in [6.45, 7) is 2.04. The van der Waals surface area contributed by atoms with Crippen molar-refractivity contribution in [3.63, 3.8) is 0 Å². The first-order valence-corrected chi connectivity index (χ1v) is 6.82. The summed E-state index contributed by atoms with van der Waals surface area (Å²) in [4.78, 5) is 11.3. The number of methoxy groups -OCH3 is 1. The summed E-state index contributed by atoms with van der Waals surface area (Å²) in [5.41, 5.74) is 6.47. The Morgan fingerprint density at radius 3 is 2.70 bits per heavy atom. The third-order valence-corrected chi connectivity index (χ3v) is 3.55. The number of phenols is 2. The Morgan fingerprint density at radius 2 is 2.10 bits per heavy atom. The van der Waals surface area contributed by atoms with Crippen molar-refractivity contribution in [2.45, 2.75) is 38.6 Å². The molecule has 1 rings (SSSR count). The zero-order valence-electron chi connectivity index (χ0n) is 12.0. The standard InChI is InChI=1S/C15H23NO4/c1-3-10(8-13(16)15(19)20-2)4-5-11-9-12(17)6-7-14(11)18/h6-7,9-10,13,17-18H,3-5,8,16H2,1-2H3. The van der Waals surface area contributed by atoms with E-state index < -0.39 is 12.0 Å². The third-order valence-electron chi connectivity index (χ3n) is 3.55. The Morgan fingerprint density at radius 1 is 1.40 bits per heavy atom. The molecule has 0 saturated heterocycles. The number of aromatic hydroxyl groups is 2. The molecule has 4 N–H and O–H groups in total. The van der Waals surface area contributed by atoms with Crippen molar-refractivity contribution in [2.75, 3.05) is 7.11 Å². The van der Waals surface area contributed by atoms with E-state index in [-0.39, 0.29) is 17.4 Å². The van der Waals surface area contributed by atoms with Crippen molar-refractivity contribution < 1.29 is 19.7 Å². The summed E-state index contributed by atoms with van der Waals surface area (Å²) in [6, 6.07) is 3.87. The quantitative estimate of drug-likeness (QED) is 0.524. The van der Waals surface area contributed by atoms with E-state index in [4.69, 9.17) is 5.73 Å². The first-order valence-electron chi connectivity index (χ1n) is 6.82. The molecule has 20 heavy (non-hydrogen) atoms. The van der Waals surface area contributed by atoms with Crippen LogP contribution in [0.2, 0.25) is 0 Å². The molecule has 1 aromatic rings. The Balaban J connectivity index is 2.57. The number of phenolic OH excluding ortho intramolecular Hbond substituents is 2. The molecular formula is C15H23NO4. The fraction of sp³-hybridized carbons (Fsp3) is 0.533. The van der Waals surface area contributed by atoms with Gasteiger partial charge in [0.15, 0.2) is 0 Å². The lowest BCUT2D eigenvalue weighted by Gasteiger charge is -2.18. The van der Waals surface area contributed by atoms with Gasteiger partial charge in [-0.15, -0.1) is 0 Å². The molecule has 0 aliphatic carbocycles. The van der Waals surface area contributed by atoms with Gasteiger partial charge in [0, 0.05) is 0 Å². The molecule has 2 atom stereocenters. The van der Waals surface area contributed by atoms with Gasteiger partial charge in [0.2, 0.25) is 0 Å². The van der Waals surface area contributed by atoms with Crippen molar-refractivity contribution in [3.05, 3.63) is 23.8 Å². The lowest BCUT2D eigenvalue weighted by Crippen LogP contribution is -2.33. The number of ether oxygens (including phenoxy) is 1. The van der Waals surface area contributed by atoms with E-state index in [9.17, 15) is 15.0 Å². The minimum atomic E-state index is -0.609. The Kier molecular flexibility index (Phi) is 6.31. The Hall–Kier alpha value is -1.75. The molecule has 2 unspecified atom stereocenters. The second-order valence-electron chi connectivity index (χ2n) is 4.99. The SMILES string of the molecule is CCC(CCc1cc(O)ccc1O)CC(N)C(=O)OC. The second kappa shape index (κ2) is 7.75. The van der Waals surface area contributed by atoms with Gasteiger partial charge in [-0.2, -0.15) is 0 Å². The maximum Gasteiger partial charge on any atom is 0.322 e. The normalized spacial score (nSPS) is 13.8. The van der Waals surface area contributed by atoms with Crippen molar-refractivity contribution in [1.29, 1.82) is 0 Å². The van der Waals surface area contributed by atoms with E-state index in [0.717, 1.165) is 12.8 Å². The largest absolute Gasteiger partial charge is 0.508 e. The van der Waals surface area contributed by atoms with Crippen LogP contribution in [0.15, 0.2) is 18.2 Å². The van der Waals surface area contributed by atoms with Crippen molar-refractivity contribution in [1.82, 2.24) is 0 Å². The number of carbonyl (C=O) groups is 1. The monoisotopic (exact) mass is 281 g/mol. The van der Waals surface area contributed by atoms with E-state index in [1.807, 2.05) is 6.92 Å². The van der Waals surface area contributed by atoms with Crippen molar-refractivity contribution in [2.24, 2.45) is 11.7 Å². The molecule has 0 spiro atoms. The van der Waals surface area contributed by atoms with Gasteiger partial charge in [-0.25, -0.2) is 0 Å². The Bertz CT molecular complexity index is 447. The topological polar surface area (TPSA) is 92.8 Å². The molecule has 0 saturated carbocycles. The molecule has 1 aromatic carbocycles. The highest BCUT2D eigenvalue weighted by molar-refractivity contribution is 5.75. The molecule has 0 aliphatic rings. The van der Waals surface area contributed by atoms with Crippen LogP contribution in [0, 0.1) is 5.92 Å². The molecule has 0 amide bonds. The lowest BCUT2D eigenvalue weighted by molar-refractivity contribution is -0.142. The van der Waals surface area contributed by atoms with Crippen LogP contribution in [0.1, 0.15) is 31.7 Å². The Labute approximate surface area is 119 Å². The van der Waals surface area contributed by atoms with Gasteiger partial charge in [0.25, 0.3) is 0 Å².